The Balaban J connectivity index is 2.84. The first-order valence-corrected chi connectivity index (χ1v) is 5.30. The summed E-state index contributed by atoms with van der Waals surface area (Å²) in [4.78, 5) is 11.2. The van der Waals surface area contributed by atoms with Crippen molar-refractivity contribution in [1.82, 2.24) is 0 Å². The highest BCUT2D eigenvalue weighted by atomic mass is 35.5. The highest BCUT2D eigenvalue weighted by molar-refractivity contribution is 6.17. The fraction of sp³-hybridized carbons (Fsp3) is 0.364. The Kier molecular flexibility index (Phi) is 4.43. The molecule has 1 rings (SSSR count). The summed E-state index contributed by atoms with van der Waals surface area (Å²) in [5.41, 5.74) is 2.69. The van der Waals surface area contributed by atoms with Gasteiger partial charge in [0.05, 0.1) is 6.61 Å². The summed E-state index contributed by atoms with van der Waals surface area (Å²) in [7, 11) is 0. The summed E-state index contributed by atoms with van der Waals surface area (Å²) in [6, 6.07) is 5.63. The van der Waals surface area contributed by atoms with Crippen LogP contribution in [0.2, 0.25) is 0 Å². The molecule has 0 fully saturated rings. The molecule has 82 valence electrons. The van der Waals surface area contributed by atoms with Crippen LogP contribution in [-0.2, 0) is 10.6 Å². The fourth-order valence-electron chi connectivity index (χ4n) is 1.27. The molecule has 4 heteroatoms. The molecule has 15 heavy (non-hydrogen) atoms. The third-order valence-corrected chi connectivity index (χ3v) is 2.32. The molecule has 0 bridgehead atoms. The number of nitrogens with one attached hydrogen (secondary N) is 1. The third kappa shape index (κ3) is 3.13. The molecule has 0 aliphatic carbocycles. The largest absolute Gasteiger partial charge is 0.450 e. The van der Waals surface area contributed by atoms with E-state index in [-0.39, 0.29) is 0 Å². The van der Waals surface area contributed by atoms with E-state index in [1.165, 1.54) is 0 Å². The van der Waals surface area contributed by atoms with E-state index in [2.05, 4.69) is 5.32 Å². The Labute approximate surface area is 94.4 Å². The summed E-state index contributed by atoms with van der Waals surface area (Å²) in [5, 5.41) is 2.66. The lowest BCUT2D eigenvalue weighted by Gasteiger charge is -2.11. The van der Waals surface area contributed by atoms with Gasteiger partial charge in [-0.3, -0.25) is 5.32 Å². The van der Waals surface area contributed by atoms with Crippen LogP contribution >= 0.6 is 11.6 Å². The van der Waals surface area contributed by atoms with Gasteiger partial charge in [-0.15, -0.1) is 11.6 Å². The molecule has 0 saturated heterocycles. The zero-order valence-electron chi connectivity index (χ0n) is 8.84. The van der Waals surface area contributed by atoms with Crippen molar-refractivity contribution in [2.24, 2.45) is 0 Å². The monoisotopic (exact) mass is 227 g/mol. The summed E-state index contributed by atoms with van der Waals surface area (Å²) >= 11 is 5.81. The van der Waals surface area contributed by atoms with Crippen molar-refractivity contribution in [3.8, 4) is 0 Å². The number of halogens is 1. The molecule has 0 aromatic heterocycles. The summed E-state index contributed by atoms with van der Waals surface area (Å²) in [6.45, 7) is 4.07. The number of anilines is 1. The number of ether oxygens (including phenoxy) is 1. The van der Waals surface area contributed by atoms with Gasteiger partial charge in [-0.05, 0) is 31.0 Å². The van der Waals surface area contributed by atoms with Gasteiger partial charge in [0.15, 0.2) is 0 Å². The maximum Gasteiger partial charge on any atom is 0.411 e. The van der Waals surface area contributed by atoms with Gasteiger partial charge in [0.25, 0.3) is 0 Å². The van der Waals surface area contributed by atoms with Crippen LogP contribution in [-0.4, -0.2) is 12.7 Å². The summed E-state index contributed by atoms with van der Waals surface area (Å²) in [5.74, 6) is 0.369. The van der Waals surface area contributed by atoms with Crippen LogP contribution in [0, 0.1) is 6.92 Å². The maximum atomic E-state index is 11.2. The molecule has 1 aromatic rings. The molecule has 1 amide bonds. The number of hydrogen-bond acceptors (Lipinski definition) is 2. The van der Waals surface area contributed by atoms with Crippen LogP contribution in [0.5, 0.6) is 0 Å². The number of benzene rings is 1. The van der Waals surface area contributed by atoms with Crippen LogP contribution in [0.15, 0.2) is 18.2 Å². The van der Waals surface area contributed by atoms with E-state index in [0.717, 1.165) is 11.1 Å². The molecule has 0 heterocycles. The second-order valence-corrected chi connectivity index (χ2v) is 3.35. The van der Waals surface area contributed by atoms with Gasteiger partial charge >= 0.3 is 6.09 Å². The van der Waals surface area contributed by atoms with Gasteiger partial charge < -0.3 is 4.74 Å². The van der Waals surface area contributed by atoms with Gasteiger partial charge in [0.1, 0.15) is 0 Å². The van der Waals surface area contributed by atoms with Crippen molar-refractivity contribution in [2.75, 3.05) is 11.9 Å². The minimum atomic E-state index is -0.450. The summed E-state index contributed by atoms with van der Waals surface area (Å²) in [6.07, 6.45) is -0.450. The quantitative estimate of drug-likeness (QED) is 0.805. The fourth-order valence-corrected chi connectivity index (χ4v) is 1.63. The van der Waals surface area contributed by atoms with Crippen LogP contribution in [0.1, 0.15) is 18.1 Å². The van der Waals surface area contributed by atoms with Crippen LogP contribution in [0.3, 0.4) is 0 Å². The zero-order chi connectivity index (χ0) is 11.3. The number of carbonyl (C=O) groups is 1. The molecule has 0 saturated carbocycles. The van der Waals surface area contributed by atoms with Crippen LogP contribution < -0.4 is 5.32 Å². The highest BCUT2D eigenvalue weighted by Crippen LogP contribution is 2.21. The normalized spacial score (nSPS) is 9.80. The van der Waals surface area contributed by atoms with E-state index in [1.807, 2.05) is 25.1 Å². The second-order valence-electron chi connectivity index (χ2n) is 3.08. The topological polar surface area (TPSA) is 38.3 Å². The van der Waals surface area contributed by atoms with Gasteiger partial charge in [0.2, 0.25) is 0 Å². The first kappa shape index (κ1) is 11.9. The summed E-state index contributed by atoms with van der Waals surface area (Å²) < 4.78 is 4.79. The smallest absolute Gasteiger partial charge is 0.411 e. The van der Waals surface area contributed by atoms with Gasteiger partial charge in [-0.25, -0.2) is 4.79 Å². The van der Waals surface area contributed by atoms with Crippen molar-refractivity contribution < 1.29 is 9.53 Å². The molecule has 3 nitrogen and oxygen atoms in total. The van der Waals surface area contributed by atoms with Crippen molar-refractivity contribution >= 4 is 23.4 Å². The molecular weight excluding hydrogens is 214 g/mol. The van der Waals surface area contributed by atoms with Gasteiger partial charge in [0, 0.05) is 11.6 Å². The standard InChI is InChI=1S/C11H14ClNO2/c1-3-15-11(14)13-10-6-4-5-8(2)9(10)7-12/h4-6H,3,7H2,1-2H3,(H,13,14). The van der Waals surface area contributed by atoms with Crippen molar-refractivity contribution in [2.45, 2.75) is 19.7 Å². The molecule has 1 N–H and O–H groups in total. The van der Waals surface area contributed by atoms with E-state index >= 15 is 0 Å². The van der Waals surface area contributed by atoms with Crippen molar-refractivity contribution in [3.63, 3.8) is 0 Å². The number of hydrogen-bond donors (Lipinski definition) is 1. The van der Waals surface area contributed by atoms with E-state index in [4.69, 9.17) is 16.3 Å². The average Bonchev–Trinajstić information content (AvgIpc) is 2.18. The minimum absolute atomic E-state index is 0.355. The van der Waals surface area contributed by atoms with E-state index < -0.39 is 6.09 Å². The lowest BCUT2D eigenvalue weighted by molar-refractivity contribution is 0.168. The minimum Gasteiger partial charge on any atom is -0.450 e. The molecule has 0 radical (unpaired) electrons. The molecular formula is C11H14ClNO2. The predicted molar refractivity (Wildman–Crippen MR) is 61.4 cm³/mol. The number of carbonyl (C=O) groups excluding carboxylic acids is 1. The number of amides is 1. The van der Waals surface area contributed by atoms with E-state index in [0.29, 0.717) is 18.2 Å². The van der Waals surface area contributed by atoms with Gasteiger partial charge in [-0.1, -0.05) is 12.1 Å². The van der Waals surface area contributed by atoms with E-state index in [1.54, 1.807) is 6.92 Å². The first-order chi connectivity index (χ1) is 7.19. The first-order valence-electron chi connectivity index (χ1n) is 4.77. The molecule has 0 aliphatic heterocycles. The lowest BCUT2D eigenvalue weighted by Crippen LogP contribution is -2.14. The molecule has 0 atom stereocenters. The molecule has 1 aromatic carbocycles. The van der Waals surface area contributed by atoms with Gasteiger partial charge in [-0.2, -0.15) is 0 Å². The number of rotatable bonds is 3. The Bertz CT molecular complexity index is 352. The third-order valence-electron chi connectivity index (χ3n) is 2.06. The highest BCUT2D eigenvalue weighted by Gasteiger charge is 2.07. The maximum absolute atomic E-state index is 11.2. The van der Waals surface area contributed by atoms with Crippen LogP contribution in [0.4, 0.5) is 10.5 Å². The predicted octanol–water partition coefficient (Wildman–Crippen LogP) is 3.30. The second kappa shape index (κ2) is 5.61. The van der Waals surface area contributed by atoms with Crippen molar-refractivity contribution in [3.05, 3.63) is 29.3 Å². The average molecular weight is 228 g/mol. The molecule has 0 spiro atoms. The lowest BCUT2D eigenvalue weighted by atomic mass is 10.1. The van der Waals surface area contributed by atoms with Crippen molar-refractivity contribution in [1.29, 1.82) is 0 Å². The SMILES string of the molecule is CCOC(=O)Nc1cccc(C)c1CCl. The zero-order valence-corrected chi connectivity index (χ0v) is 9.60. The molecule has 0 aliphatic rings. The Morgan fingerprint density at radius 3 is 2.87 bits per heavy atom. The Morgan fingerprint density at radius 1 is 1.53 bits per heavy atom. The number of alkyl halides is 1. The Morgan fingerprint density at radius 2 is 2.27 bits per heavy atom. The van der Waals surface area contributed by atoms with E-state index in [9.17, 15) is 4.79 Å². The number of aryl methyl sites for hydroxylation is 1. The Hall–Kier alpha value is -1.22. The van der Waals surface area contributed by atoms with Crippen LogP contribution in [0.25, 0.3) is 0 Å². The molecule has 0 unspecified atom stereocenters.